The number of fused-ring (bicyclic) bond motifs is 1. The second-order valence-electron chi connectivity index (χ2n) is 6.15. The van der Waals surface area contributed by atoms with Gasteiger partial charge in [0.05, 0.1) is 0 Å². The van der Waals surface area contributed by atoms with Crippen molar-refractivity contribution in [2.24, 2.45) is 5.92 Å². The SMILES string of the molecule is CNC1CCCCC(CC2CSc3ccccc32)C1. The van der Waals surface area contributed by atoms with Crippen molar-refractivity contribution in [3.63, 3.8) is 0 Å². The zero-order valence-corrected chi connectivity index (χ0v) is 12.7. The standard InChI is InChI=1S/C17H25NS/c1-18-15-7-3-2-6-13(11-15)10-14-12-19-17-9-5-4-8-16(14)17/h4-5,8-9,13-15,18H,2-3,6-7,10-12H2,1H3. The van der Waals surface area contributed by atoms with E-state index in [1.807, 2.05) is 0 Å². The summed E-state index contributed by atoms with van der Waals surface area (Å²) in [5.74, 6) is 3.04. The Morgan fingerprint density at radius 2 is 2.05 bits per heavy atom. The van der Waals surface area contributed by atoms with E-state index in [-0.39, 0.29) is 0 Å². The molecule has 1 aliphatic carbocycles. The largest absolute Gasteiger partial charge is 0.317 e. The number of hydrogen-bond acceptors (Lipinski definition) is 2. The Labute approximate surface area is 121 Å². The fourth-order valence-electron chi connectivity index (χ4n) is 3.76. The van der Waals surface area contributed by atoms with Gasteiger partial charge in [-0.15, -0.1) is 11.8 Å². The Bertz CT molecular complexity index is 417. The van der Waals surface area contributed by atoms with Gasteiger partial charge < -0.3 is 5.32 Å². The summed E-state index contributed by atoms with van der Waals surface area (Å²) in [5, 5.41) is 3.51. The van der Waals surface area contributed by atoms with E-state index in [2.05, 4.69) is 48.4 Å². The molecule has 1 fully saturated rings. The Morgan fingerprint density at radius 3 is 2.95 bits per heavy atom. The molecule has 2 aliphatic rings. The van der Waals surface area contributed by atoms with Crippen LogP contribution in [0.4, 0.5) is 0 Å². The van der Waals surface area contributed by atoms with Gasteiger partial charge in [0.25, 0.3) is 0 Å². The maximum absolute atomic E-state index is 3.51. The highest BCUT2D eigenvalue weighted by Crippen LogP contribution is 2.44. The second-order valence-corrected chi connectivity index (χ2v) is 7.22. The van der Waals surface area contributed by atoms with Crippen molar-refractivity contribution < 1.29 is 0 Å². The quantitative estimate of drug-likeness (QED) is 0.819. The third-order valence-electron chi connectivity index (χ3n) is 4.86. The molecule has 1 N–H and O–H groups in total. The summed E-state index contributed by atoms with van der Waals surface area (Å²) in [4.78, 5) is 1.53. The first-order chi connectivity index (χ1) is 9.36. The first-order valence-electron chi connectivity index (χ1n) is 7.76. The minimum atomic E-state index is 0.761. The van der Waals surface area contributed by atoms with Crippen molar-refractivity contribution >= 4 is 11.8 Å². The zero-order chi connectivity index (χ0) is 13.1. The maximum Gasteiger partial charge on any atom is 0.0107 e. The number of benzene rings is 1. The molecule has 0 bridgehead atoms. The van der Waals surface area contributed by atoms with Gasteiger partial charge in [-0.3, -0.25) is 0 Å². The molecule has 104 valence electrons. The van der Waals surface area contributed by atoms with Crippen molar-refractivity contribution in [1.82, 2.24) is 5.32 Å². The van der Waals surface area contributed by atoms with Gasteiger partial charge >= 0.3 is 0 Å². The molecular formula is C17H25NS. The molecule has 19 heavy (non-hydrogen) atoms. The molecule has 3 rings (SSSR count). The average Bonchev–Trinajstić information content (AvgIpc) is 2.70. The third kappa shape index (κ3) is 3.17. The van der Waals surface area contributed by atoms with Crippen LogP contribution >= 0.6 is 11.8 Å². The van der Waals surface area contributed by atoms with Crippen LogP contribution in [0.2, 0.25) is 0 Å². The molecule has 0 amide bonds. The molecule has 1 saturated carbocycles. The van der Waals surface area contributed by atoms with Crippen LogP contribution in [0, 0.1) is 5.92 Å². The maximum atomic E-state index is 3.51. The predicted octanol–water partition coefficient (Wildman–Crippen LogP) is 4.43. The van der Waals surface area contributed by atoms with Crippen molar-refractivity contribution in [2.45, 2.75) is 55.4 Å². The fraction of sp³-hybridized carbons (Fsp3) is 0.647. The van der Waals surface area contributed by atoms with E-state index >= 15 is 0 Å². The van der Waals surface area contributed by atoms with Gasteiger partial charge in [-0.1, -0.05) is 37.5 Å². The van der Waals surface area contributed by atoms with E-state index in [1.165, 1.54) is 49.2 Å². The highest BCUT2D eigenvalue weighted by Gasteiger charge is 2.27. The number of thioether (sulfide) groups is 1. The lowest BCUT2D eigenvalue weighted by Gasteiger charge is -2.22. The van der Waals surface area contributed by atoms with Crippen LogP contribution in [0.15, 0.2) is 29.2 Å². The minimum absolute atomic E-state index is 0.761. The second kappa shape index (κ2) is 6.32. The monoisotopic (exact) mass is 275 g/mol. The van der Waals surface area contributed by atoms with E-state index in [0.717, 1.165) is 17.9 Å². The zero-order valence-electron chi connectivity index (χ0n) is 11.9. The van der Waals surface area contributed by atoms with Crippen LogP contribution in [0.3, 0.4) is 0 Å². The molecule has 1 aromatic carbocycles. The van der Waals surface area contributed by atoms with E-state index in [9.17, 15) is 0 Å². The first kappa shape index (κ1) is 13.5. The van der Waals surface area contributed by atoms with Crippen LogP contribution in [0.1, 0.15) is 50.0 Å². The molecule has 1 aliphatic heterocycles. The van der Waals surface area contributed by atoms with Crippen LogP contribution < -0.4 is 5.32 Å². The molecule has 1 heterocycles. The smallest absolute Gasteiger partial charge is 0.0107 e. The lowest BCUT2D eigenvalue weighted by atomic mass is 9.85. The minimum Gasteiger partial charge on any atom is -0.317 e. The number of nitrogens with one attached hydrogen (secondary N) is 1. The Kier molecular flexibility index (Phi) is 4.49. The predicted molar refractivity (Wildman–Crippen MR) is 83.9 cm³/mol. The van der Waals surface area contributed by atoms with E-state index in [0.29, 0.717) is 0 Å². The van der Waals surface area contributed by atoms with E-state index < -0.39 is 0 Å². The van der Waals surface area contributed by atoms with Gasteiger partial charge in [0.2, 0.25) is 0 Å². The van der Waals surface area contributed by atoms with Crippen LogP contribution in [-0.4, -0.2) is 18.8 Å². The number of rotatable bonds is 3. The molecule has 3 unspecified atom stereocenters. The molecule has 1 nitrogen and oxygen atoms in total. The highest BCUT2D eigenvalue weighted by atomic mass is 32.2. The molecule has 3 atom stereocenters. The third-order valence-corrected chi connectivity index (χ3v) is 6.11. The number of hydrogen-bond donors (Lipinski definition) is 1. The van der Waals surface area contributed by atoms with E-state index in [1.54, 1.807) is 5.56 Å². The van der Waals surface area contributed by atoms with Gasteiger partial charge in [-0.2, -0.15) is 0 Å². The normalized spacial score (nSPS) is 30.9. The Hall–Kier alpha value is -0.470. The lowest BCUT2D eigenvalue weighted by molar-refractivity contribution is 0.364. The first-order valence-corrected chi connectivity index (χ1v) is 8.74. The lowest BCUT2D eigenvalue weighted by Crippen LogP contribution is -2.26. The van der Waals surface area contributed by atoms with Gasteiger partial charge in [0.15, 0.2) is 0 Å². The fourth-order valence-corrected chi connectivity index (χ4v) is 5.04. The van der Waals surface area contributed by atoms with Crippen molar-refractivity contribution in [3.05, 3.63) is 29.8 Å². The average molecular weight is 275 g/mol. The molecule has 0 saturated heterocycles. The van der Waals surface area contributed by atoms with E-state index in [4.69, 9.17) is 0 Å². The van der Waals surface area contributed by atoms with Gasteiger partial charge in [0.1, 0.15) is 0 Å². The van der Waals surface area contributed by atoms with Crippen LogP contribution in [0.25, 0.3) is 0 Å². The van der Waals surface area contributed by atoms with Crippen LogP contribution in [0.5, 0.6) is 0 Å². The summed E-state index contributed by atoms with van der Waals surface area (Å²) in [6.45, 7) is 0. The molecule has 2 heteroatoms. The topological polar surface area (TPSA) is 12.0 Å². The summed E-state index contributed by atoms with van der Waals surface area (Å²) in [6, 6.07) is 9.80. The van der Waals surface area contributed by atoms with Crippen molar-refractivity contribution in [1.29, 1.82) is 0 Å². The summed E-state index contributed by atoms with van der Waals surface area (Å²) in [6.07, 6.45) is 8.47. The molecular weight excluding hydrogens is 250 g/mol. The van der Waals surface area contributed by atoms with Crippen molar-refractivity contribution in [3.8, 4) is 0 Å². The Morgan fingerprint density at radius 1 is 1.21 bits per heavy atom. The summed E-state index contributed by atoms with van der Waals surface area (Å²) >= 11 is 2.06. The van der Waals surface area contributed by atoms with Crippen LogP contribution in [-0.2, 0) is 0 Å². The molecule has 0 spiro atoms. The summed E-state index contributed by atoms with van der Waals surface area (Å²) in [5.41, 5.74) is 1.62. The van der Waals surface area contributed by atoms with Gasteiger partial charge in [0, 0.05) is 16.7 Å². The Balaban J connectivity index is 1.65. The molecule has 0 aromatic heterocycles. The summed E-state index contributed by atoms with van der Waals surface area (Å²) in [7, 11) is 2.13. The summed E-state index contributed by atoms with van der Waals surface area (Å²) < 4.78 is 0. The highest BCUT2D eigenvalue weighted by molar-refractivity contribution is 7.99. The van der Waals surface area contributed by atoms with Crippen molar-refractivity contribution in [2.75, 3.05) is 12.8 Å². The molecule has 1 aromatic rings. The van der Waals surface area contributed by atoms with Gasteiger partial charge in [-0.25, -0.2) is 0 Å². The van der Waals surface area contributed by atoms with Gasteiger partial charge in [-0.05, 0) is 49.8 Å². The molecule has 0 radical (unpaired) electrons.